The molecule has 0 atom stereocenters. The molecule has 0 aromatic heterocycles. The van der Waals surface area contributed by atoms with E-state index in [0.717, 1.165) is 32.3 Å². The Labute approximate surface area is 129 Å². The molecule has 0 saturated heterocycles. The van der Waals surface area contributed by atoms with Gasteiger partial charge >= 0.3 is 0 Å². The summed E-state index contributed by atoms with van der Waals surface area (Å²) >= 11 is 3.47. The fourth-order valence-electron chi connectivity index (χ4n) is 2.57. The lowest BCUT2D eigenvalue weighted by molar-refractivity contribution is 0.103. The molecule has 0 saturated carbocycles. The van der Waals surface area contributed by atoms with E-state index in [1.807, 2.05) is 39.0 Å². The second-order valence-corrected chi connectivity index (χ2v) is 6.40. The second kappa shape index (κ2) is 5.53. The molecule has 2 aromatic carbocycles. The first-order chi connectivity index (χ1) is 9.31. The van der Waals surface area contributed by atoms with E-state index in [2.05, 4.69) is 35.8 Å². The highest BCUT2D eigenvalue weighted by molar-refractivity contribution is 9.10. The Morgan fingerprint density at radius 2 is 1.40 bits per heavy atom. The van der Waals surface area contributed by atoms with Crippen molar-refractivity contribution in [3.05, 3.63) is 67.7 Å². The maximum absolute atomic E-state index is 12.9. The van der Waals surface area contributed by atoms with E-state index in [-0.39, 0.29) is 5.78 Å². The highest BCUT2D eigenvalue weighted by Gasteiger charge is 2.18. The van der Waals surface area contributed by atoms with Crippen molar-refractivity contribution in [2.24, 2.45) is 0 Å². The monoisotopic (exact) mass is 330 g/mol. The van der Waals surface area contributed by atoms with E-state index in [1.54, 1.807) is 0 Å². The van der Waals surface area contributed by atoms with Crippen molar-refractivity contribution < 1.29 is 4.79 Å². The van der Waals surface area contributed by atoms with E-state index in [4.69, 9.17) is 0 Å². The molecule has 0 unspecified atom stereocenters. The Hall–Kier alpha value is -1.41. The summed E-state index contributed by atoms with van der Waals surface area (Å²) in [5, 5.41) is 0. The molecule has 2 rings (SSSR count). The van der Waals surface area contributed by atoms with Crippen molar-refractivity contribution in [1.82, 2.24) is 0 Å². The minimum absolute atomic E-state index is 0.108. The maximum atomic E-state index is 12.9. The molecule has 0 aliphatic carbocycles. The number of ketones is 1. The Bertz CT molecular complexity index is 653. The number of benzene rings is 2. The highest BCUT2D eigenvalue weighted by Crippen LogP contribution is 2.26. The van der Waals surface area contributed by atoms with E-state index in [1.165, 1.54) is 11.1 Å². The molecule has 20 heavy (non-hydrogen) atoms. The van der Waals surface area contributed by atoms with Gasteiger partial charge in [-0.05, 0) is 80.6 Å². The van der Waals surface area contributed by atoms with Gasteiger partial charge in [-0.1, -0.05) is 22.0 Å². The summed E-state index contributed by atoms with van der Waals surface area (Å²) in [5.74, 6) is 0.108. The molecule has 0 heterocycles. The lowest BCUT2D eigenvalue weighted by atomic mass is 9.89. The average Bonchev–Trinajstić information content (AvgIpc) is 2.35. The molecule has 1 nitrogen and oxygen atoms in total. The third-order valence-electron chi connectivity index (χ3n) is 3.90. The van der Waals surface area contributed by atoms with Gasteiger partial charge in [0.05, 0.1) is 0 Å². The predicted molar refractivity (Wildman–Crippen MR) is 87.7 cm³/mol. The van der Waals surface area contributed by atoms with Crippen LogP contribution in [-0.4, -0.2) is 5.78 Å². The normalized spacial score (nSPS) is 10.7. The maximum Gasteiger partial charge on any atom is 0.193 e. The molecule has 0 bridgehead atoms. The summed E-state index contributed by atoms with van der Waals surface area (Å²) in [4.78, 5) is 12.9. The van der Waals surface area contributed by atoms with Crippen molar-refractivity contribution >= 4 is 21.7 Å². The number of rotatable bonds is 2. The topological polar surface area (TPSA) is 17.1 Å². The van der Waals surface area contributed by atoms with Crippen LogP contribution < -0.4 is 0 Å². The number of hydrogen-bond donors (Lipinski definition) is 0. The molecule has 0 amide bonds. The van der Waals surface area contributed by atoms with Gasteiger partial charge in [-0.15, -0.1) is 0 Å². The first-order valence-electron chi connectivity index (χ1n) is 6.70. The first kappa shape index (κ1) is 15.0. The zero-order valence-electron chi connectivity index (χ0n) is 12.6. The van der Waals surface area contributed by atoms with E-state index in [0.29, 0.717) is 0 Å². The van der Waals surface area contributed by atoms with Gasteiger partial charge in [0.15, 0.2) is 5.78 Å². The van der Waals surface area contributed by atoms with E-state index >= 15 is 0 Å². The minimum atomic E-state index is 0.108. The summed E-state index contributed by atoms with van der Waals surface area (Å²) in [6.45, 7) is 10.2. The number of aryl methyl sites for hydroxylation is 3. The Morgan fingerprint density at radius 1 is 0.850 bits per heavy atom. The van der Waals surface area contributed by atoms with Gasteiger partial charge in [-0.3, -0.25) is 4.79 Å². The predicted octanol–water partition coefficient (Wildman–Crippen LogP) is 5.22. The lowest BCUT2D eigenvalue weighted by Gasteiger charge is -2.15. The SMILES string of the molecule is Cc1cc(Br)cc(C(=O)c2c(C)c(C)cc(C)c2C)c1. The van der Waals surface area contributed by atoms with Crippen LogP contribution in [0.25, 0.3) is 0 Å². The Morgan fingerprint density at radius 3 is 1.90 bits per heavy atom. The van der Waals surface area contributed by atoms with Crippen LogP contribution in [0, 0.1) is 34.6 Å². The number of hydrogen-bond acceptors (Lipinski definition) is 1. The largest absolute Gasteiger partial charge is 0.289 e. The molecule has 104 valence electrons. The molecular formula is C18H19BrO. The molecule has 0 aliphatic rings. The average molecular weight is 331 g/mol. The molecule has 0 spiro atoms. The molecule has 0 aliphatic heterocycles. The quantitative estimate of drug-likeness (QED) is 0.689. The third kappa shape index (κ3) is 2.71. The summed E-state index contributed by atoms with van der Waals surface area (Å²) in [7, 11) is 0. The van der Waals surface area contributed by atoms with Crippen LogP contribution in [0.15, 0.2) is 28.7 Å². The number of halogens is 1. The molecule has 2 aromatic rings. The fourth-order valence-corrected chi connectivity index (χ4v) is 3.18. The van der Waals surface area contributed by atoms with Gasteiger partial charge in [0, 0.05) is 15.6 Å². The van der Waals surface area contributed by atoms with Crippen LogP contribution >= 0.6 is 15.9 Å². The molecule has 0 radical (unpaired) electrons. The van der Waals surface area contributed by atoms with Crippen LogP contribution in [0.5, 0.6) is 0 Å². The number of carbonyl (C=O) groups is 1. The third-order valence-corrected chi connectivity index (χ3v) is 4.36. The summed E-state index contributed by atoms with van der Waals surface area (Å²) in [5.41, 5.74) is 7.17. The van der Waals surface area contributed by atoms with Crippen molar-refractivity contribution in [2.75, 3.05) is 0 Å². The van der Waals surface area contributed by atoms with E-state index in [9.17, 15) is 4.79 Å². The number of carbonyl (C=O) groups excluding carboxylic acids is 1. The van der Waals surface area contributed by atoms with Gasteiger partial charge in [-0.25, -0.2) is 0 Å². The Kier molecular flexibility index (Phi) is 4.14. The smallest absolute Gasteiger partial charge is 0.193 e. The van der Waals surface area contributed by atoms with Gasteiger partial charge in [-0.2, -0.15) is 0 Å². The van der Waals surface area contributed by atoms with Gasteiger partial charge in [0.2, 0.25) is 0 Å². The van der Waals surface area contributed by atoms with Crippen molar-refractivity contribution in [1.29, 1.82) is 0 Å². The molecule has 0 fully saturated rings. The van der Waals surface area contributed by atoms with Crippen molar-refractivity contribution in [3.63, 3.8) is 0 Å². The van der Waals surface area contributed by atoms with Gasteiger partial charge in [0.1, 0.15) is 0 Å². The molecular weight excluding hydrogens is 312 g/mol. The Balaban J connectivity index is 2.65. The second-order valence-electron chi connectivity index (χ2n) is 5.48. The zero-order chi connectivity index (χ0) is 15.0. The molecule has 2 heteroatoms. The summed E-state index contributed by atoms with van der Waals surface area (Å²) < 4.78 is 0.945. The minimum Gasteiger partial charge on any atom is -0.289 e. The first-order valence-corrected chi connectivity index (χ1v) is 7.50. The van der Waals surface area contributed by atoms with Gasteiger partial charge in [0.25, 0.3) is 0 Å². The highest BCUT2D eigenvalue weighted by atomic mass is 79.9. The molecule has 0 N–H and O–H groups in total. The zero-order valence-corrected chi connectivity index (χ0v) is 14.2. The van der Waals surface area contributed by atoms with Crippen LogP contribution in [0.3, 0.4) is 0 Å². The van der Waals surface area contributed by atoms with Crippen LogP contribution in [0.1, 0.15) is 43.7 Å². The summed E-state index contributed by atoms with van der Waals surface area (Å²) in [6, 6.07) is 8.00. The standard InChI is InChI=1S/C18H19BrO/c1-10-6-15(9-16(19)7-10)18(20)17-13(4)11(2)8-12(3)14(17)5/h6-9H,1-5H3. The van der Waals surface area contributed by atoms with Crippen LogP contribution in [0.2, 0.25) is 0 Å². The van der Waals surface area contributed by atoms with Gasteiger partial charge < -0.3 is 0 Å². The lowest BCUT2D eigenvalue weighted by Crippen LogP contribution is -2.09. The summed E-state index contributed by atoms with van der Waals surface area (Å²) in [6.07, 6.45) is 0. The fraction of sp³-hybridized carbons (Fsp3) is 0.278. The van der Waals surface area contributed by atoms with Crippen LogP contribution in [0.4, 0.5) is 0 Å². The van der Waals surface area contributed by atoms with Crippen LogP contribution in [-0.2, 0) is 0 Å². The van der Waals surface area contributed by atoms with Crippen molar-refractivity contribution in [3.8, 4) is 0 Å². The van der Waals surface area contributed by atoms with Crippen molar-refractivity contribution in [2.45, 2.75) is 34.6 Å². The van der Waals surface area contributed by atoms with E-state index < -0.39 is 0 Å².